The predicted molar refractivity (Wildman–Crippen MR) is 109 cm³/mol. The lowest BCUT2D eigenvalue weighted by atomic mass is 10.1. The minimum atomic E-state index is 0.619. The van der Waals surface area contributed by atoms with Gasteiger partial charge in [-0.2, -0.15) is 0 Å². The molecule has 2 N–H and O–H groups in total. The summed E-state index contributed by atoms with van der Waals surface area (Å²) in [6, 6.07) is 12.5. The van der Waals surface area contributed by atoms with Crippen LogP contribution in [0.2, 0.25) is 0 Å². The topological polar surface area (TPSA) is 58.5 Å². The van der Waals surface area contributed by atoms with Crippen molar-refractivity contribution in [2.24, 2.45) is 4.99 Å². The third-order valence-electron chi connectivity index (χ3n) is 3.95. The summed E-state index contributed by atoms with van der Waals surface area (Å²) in [7, 11) is 1.69. The van der Waals surface area contributed by atoms with E-state index in [1.165, 1.54) is 21.2 Å². The average Bonchev–Trinajstić information content (AvgIpc) is 3.08. The second kappa shape index (κ2) is 8.67. The largest absolute Gasteiger partial charge is 0.497 e. The van der Waals surface area contributed by atoms with Crippen molar-refractivity contribution in [1.82, 2.24) is 15.6 Å². The van der Waals surface area contributed by atoms with Crippen molar-refractivity contribution in [2.75, 3.05) is 13.7 Å². The minimum absolute atomic E-state index is 0.619. The maximum Gasteiger partial charge on any atom is 0.191 e. The van der Waals surface area contributed by atoms with Gasteiger partial charge in [0.05, 0.1) is 20.2 Å². The van der Waals surface area contributed by atoms with Gasteiger partial charge in [-0.15, -0.1) is 11.3 Å². The maximum absolute atomic E-state index is 5.28. The SMILES string of the molecule is CCNC(=NCc1ccc2cc(OC)ccc2c1)NCc1ncc(C)s1. The van der Waals surface area contributed by atoms with Crippen LogP contribution in [0.1, 0.15) is 22.4 Å². The fourth-order valence-electron chi connectivity index (χ4n) is 2.65. The van der Waals surface area contributed by atoms with Crippen LogP contribution >= 0.6 is 11.3 Å². The van der Waals surface area contributed by atoms with Crippen LogP contribution in [-0.4, -0.2) is 24.6 Å². The number of hydrogen-bond acceptors (Lipinski definition) is 4. The number of guanidine groups is 1. The molecule has 0 amide bonds. The number of thiazole rings is 1. The summed E-state index contributed by atoms with van der Waals surface area (Å²) in [5.74, 6) is 1.68. The van der Waals surface area contributed by atoms with Gasteiger partial charge in [0.15, 0.2) is 5.96 Å². The molecule has 0 atom stereocenters. The molecule has 0 unspecified atom stereocenters. The van der Waals surface area contributed by atoms with Crippen molar-refractivity contribution in [1.29, 1.82) is 0 Å². The van der Waals surface area contributed by atoms with Gasteiger partial charge in [-0.25, -0.2) is 9.98 Å². The highest BCUT2D eigenvalue weighted by atomic mass is 32.1. The molecule has 3 rings (SSSR count). The Morgan fingerprint density at radius 2 is 1.96 bits per heavy atom. The number of aromatic nitrogens is 1. The molecule has 0 fully saturated rings. The third kappa shape index (κ3) is 4.73. The molecular weight excluding hydrogens is 344 g/mol. The van der Waals surface area contributed by atoms with Gasteiger partial charge in [0.25, 0.3) is 0 Å². The molecule has 0 bridgehead atoms. The lowest BCUT2D eigenvalue weighted by Crippen LogP contribution is -2.36. The van der Waals surface area contributed by atoms with Gasteiger partial charge in [-0.1, -0.05) is 18.2 Å². The van der Waals surface area contributed by atoms with E-state index in [-0.39, 0.29) is 0 Å². The molecular formula is C20H24N4OS. The van der Waals surface area contributed by atoms with Crippen LogP contribution in [0, 0.1) is 6.92 Å². The minimum Gasteiger partial charge on any atom is -0.497 e. The van der Waals surface area contributed by atoms with Gasteiger partial charge in [0.1, 0.15) is 10.8 Å². The van der Waals surface area contributed by atoms with Gasteiger partial charge in [-0.05, 0) is 48.4 Å². The van der Waals surface area contributed by atoms with Gasteiger partial charge in [0.2, 0.25) is 0 Å². The van der Waals surface area contributed by atoms with Crippen LogP contribution in [0.4, 0.5) is 0 Å². The first-order chi connectivity index (χ1) is 12.7. The maximum atomic E-state index is 5.28. The first kappa shape index (κ1) is 18.2. The lowest BCUT2D eigenvalue weighted by molar-refractivity contribution is 0.415. The first-order valence-corrected chi connectivity index (χ1v) is 9.49. The van der Waals surface area contributed by atoms with Crippen LogP contribution < -0.4 is 15.4 Å². The van der Waals surface area contributed by atoms with Crippen LogP contribution in [0.15, 0.2) is 47.6 Å². The number of rotatable bonds is 6. The zero-order valence-electron chi connectivity index (χ0n) is 15.4. The van der Waals surface area contributed by atoms with E-state index in [0.29, 0.717) is 13.1 Å². The number of methoxy groups -OCH3 is 1. The van der Waals surface area contributed by atoms with Gasteiger partial charge in [0, 0.05) is 17.6 Å². The lowest BCUT2D eigenvalue weighted by Gasteiger charge is -2.10. The molecule has 136 valence electrons. The highest BCUT2D eigenvalue weighted by molar-refractivity contribution is 7.11. The number of aryl methyl sites for hydroxylation is 1. The summed E-state index contributed by atoms with van der Waals surface area (Å²) >= 11 is 1.70. The fraction of sp³-hybridized carbons (Fsp3) is 0.300. The Kier molecular flexibility index (Phi) is 6.07. The molecule has 5 nitrogen and oxygen atoms in total. The average molecular weight is 369 g/mol. The Balaban J connectivity index is 1.69. The Bertz CT molecular complexity index is 904. The molecule has 26 heavy (non-hydrogen) atoms. The van der Waals surface area contributed by atoms with Crippen molar-refractivity contribution in [3.05, 3.63) is 58.0 Å². The van der Waals surface area contributed by atoms with Crippen molar-refractivity contribution in [2.45, 2.75) is 26.9 Å². The summed E-state index contributed by atoms with van der Waals surface area (Å²) in [4.78, 5) is 10.3. The monoisotopic (exact) mass is 368 g/mol. The molecule has 0 saturated carbocycles. The molecule has 0 saturated heterocycles. The Morgan fingerprint density at radius 1 is 1.15 bits per heavy atom. The summed E-state index contributed by atoms with van der Waals surface area (Å²) < 4.78 is 5.28. The number of fused-ring (bicyclic) bond motifs is 1. The predicted octanol–water partition coefficient (Wildman–Crippen LogP) is 3.87. The van der Waals surface area contributed by atoms with Gasteiger partial charge < -0.3 is 15.4 Å². The second-order valence-electron chi connectivity index (χ2n) is 5.96. The number of aliphatic imine (C=N–C) groups is 1. The van der Waals surface area contributed by atoms with E-state index in [9.17, 15) is 0 Å². The second-order valence-corrected chi connectivity index (χ2v) is 7.28. The molecule has 0 aliphatic carbocycles. The Morgan fingerprint density at radius 3 is 2.69 bits per heavy atom. The van der Waals surface area contributed by atoms with Crippen LogP contribution in [0.3, 0.4) is 0 Å². The molecule has 6 heteroatoms. The highest BCUT2D eigenvalue weighted by Crippen LogP contribution is 2.22. The highest BCUT2D eigenvalue weighted by Gasteiger charge is 2.03. The molecule has 1 heterocycles. The van der Waals surface area contributed by atoms with Crippen molar-refractivity contribution >= 4 is 28.1 Å². The summed E-state index contributed by atoms with van der Waals surface area (Å²) in [5.41, 5.74) is 1.17. The summed E-state index contributed by atoms with van der Waals surface area (Å²) in [6.45, 7) is 6.25. The molecule has 3 aromatic rings. The van der Waals surface area contributed by atoms with E-state index in [1.807, 2.05) is 18.3 Å². The van der Waals surface area contributed by atoms with Crippen molar-refractivity contribution in [3.8, 4) is 5.75 Å². The number of hydrogen-bond donors (Lipinski definition) is 2. The number of nitrogens with one attached hydrogen (secondary N) is 2. The molecule has 0 aliphatic rings. The van der Waals surface area contributed by atoms with Crippen LogP contribution in [0.5, 0.6) is 5.75 Å². The molecule has 0 radical (unpaired) electrons. The van der Waals surface area contributed by atoms with Crippen molar-refractivity contribution in [3.63, 3.8) is 0 Å². The summed E-state index contributed by atoms with van der Waals surface area (Å²) in [6.07, 6.45) is 1.90. The van der Waals surface area contributed by atoms with Crippen LogP contribution in [0.25, 0.3) is 10.8 Å². The third-order valence-corrected chi connectivity index (χ3v) is 4.86. The van der Waals surface area contributed by atoms with E-state index < -0.39 is 0 Å². The zero-order chi connectivity index (χ0) is 18.4. The zero-order valence-corrected chi connectivity index (χ0v) is 16.2. The first-order valence-electron chi connectivity index (χ1n) is 8.68. The molecule has 2 aromatic carbocycles. The normalized spacial score (nSPS) is 11.6. The Hall–Kier alpha value is -2.60. The van der Waals surface area contributed by atoms with Crippen molar-refractivity contribution < 1.29 is 4.74 Å². The van der Waals surface area contributed by atoms with E-state index in [1.54, 1.807) is 18.4 Å². The quantitative estimate of drug-likeness (QED) is 0.512. The van der Waals surface area contributed by atoms with Crippen LogP contribution in [-0.2, 0) is 13.1 Å². The standard InChI is InChI=1S/C20H24N4OS/c1-4-21-20(24-13-19-22-11-14(2)26-19)23-12-15-5-6-17-10-18(25-3)8-7-16(17)9-15/h5-11H,4,12-13H2,1-3H3,(H2,21,23,24). The Labute approximate surface area is 158 Å². The number of ether oxygens (including phenoxy) is 1. The van der Waals surface area contributed by atoms with Gasteiger partial charge in [-0.3, -0.25) is 0 Å². The molecule has 0 aliphatic heterocycles. The smallest absolute Gasteiger partial charge is 0.191 e. The van der Waals surface area contributed by atoms with E-state index >= 15 is 0 Å². The summed E-state index contributed by atoms with van der Waals surface area (Å²) in [5, 5.41) is 10.0. The number of benzene rings is 2. The van der Waals surface area contributed by atoms with E-state index in [0.717, 1.165) is 23.3 Å². The molecule has 0 spiro atoms. The number of nitrogens with zero attached hydrogens (tertiary/aromatic N) is 2. The van der Waals surface area contributed by atoms with E-state index in [2.05, 4.69) is 53.7 Å². The fourth-order valence-corrected chi connectivity index (χ4v) is 3.38. The van der Waals surface area contributed by atoms with Gasteiger partial charge >= 0.3 is 0 Å². The molecule has 1 aromatic heterocycles. The van der Waals surface area contributed by atoms with E-state index in [4.69, 9.17) is 9.73 Å².